The van der Waals surface area contributed by atoms with Crippen LogP contribution in [0.4, 0.5) is 0 Å². The summed E-state index contributed by atoms with van der Waals surface area (Å²) in [5.74, 6) is 1.36. The molecule has 0 radical (unpaired) electrons. The van der Waals surface area contributed by atoms with Gasteiger partial charge in [-0.2, -0.15) is 0 Å². The highest BCUT2D eigenvalue weighted by molar-refractivity contribution is 7.88. The number of pyridine rings is 1. The number of hydrogen-bond donors (Lipinski definition) is 3. The molecule has 0 amide bonds. The molecule has 3 aromatic rings. The van der Waals surface area contributed by atoms with Crippen LogP contribution in [0.1, 0.15) is 12.0 Å². The fourth-order valence-corrected chi connectivity index (χ4v) is 3.88. The SMILES string of the molecule is CS(=O)(=O)NCc1ccc(-c2c[nH]c3nccc(OCC4CCNC4)c23)cc1. The normalized spacial score (nSPS) is 17.2. The van der Waals surface area contributed by atoms with Crippen molar-refractivity contribution in [3.8, 4) is 16.9 Å². The minimum Gasteiger partial charge on any atom is -0.492 e. The van der Waals surface area contributed by atoms with Crippen LogP contribution in [-0.4, -0.2) is 44.3 Å². The first kappa shape index (κ1) is 18.9. The van der Waals surface area contributed by atoms with Gasteiger partial charge in [0.05, 0.1) is 18.2 Å². The molecule has 1 saturated heterocycles. The lowest BCUT2D eigenvalue weighted by atomic mass is 10.0. The van der Waals surface area contributed by atoms with E-state index in [0.717, 1.165) is 59.2 Å². The average molecular weight is 401 g/mol. The molecular weight excluding hydrogens is 376 g/mol. The first-order valence-electron chi connectivity index (χ1n) is 9.33. The molecule has 28 heavy (non-hydrogen) atoms. The summed E-state index contributed by atoms with van der Waals surface area (Å²) in [4.78, 5) is 7.64. The summed E-state index contributed by atoms with van der Waals surface area (Å²) < 4.78 is 31.2. The summed E-state index contributed by atoms with van der Waals surface area (Å²) in [6, 6.07) is 9.73. The molecule has 2 aromatic heterocycles. The molecule has 0 saturated carbocycles. The highest BCUT2D eigenvalue weighted by Gasteiger charge is 2.17. The van der Waals surface area contributed by atoms with Gasteiger partial charge in [-0.1, -0.05) is 24.3 Å². The Morgan fingerprint density at radius 3 is 2.79 bits per heavy atom. The van der Waals surface area contributed by atoms with Gasteiger partial charge in [0.1, 0.15) is 11.4 Å². The Morgan fingerprint density at radius 2 is 2.07 bits per heavy atom. The minimum absolute atomic E-state index is 0.276. The molecule has 1 aromatic carbocycles. The molecule has 1 unspecified atom stereocenters. The number of aromatic amines is 1. The Balaban J connectivity index is 1.58. The van der Waals surface area contributed by atoms with Gasteiger partial charge in [0.15, 0.2) is 0 Å². The summed E-state index contributed by atoms with van der Waals surface area (Å²) in [6.45, 7) is 3.01. The van der Waals surface area contributed by atoms with E-state index < -0.39 is 10.0 Å². The molecule has 3 N–H and O–H groups in total. The molecule has 148 valence electrons. The van der Waals surface area contributed by atoms with Crippen LogP contribution in [0.2, 0.25) is 0 Å². The summed E-state index contributed by atoms with van der Waals surface area (Å²) in [7, 11) is -3.21. The van der Waals surface area contributed by atoms with E-state index in [4.69, 9.17) is 4.74 Å². The van der Waals surface area contributed by atoms with E-state index in [1.54, 1.807) is 6.20 Å². The lowest BCUT2D eigenvalue weighted by Crippen LogP contribution is -2.21. The molecule has 1 atom stereocenters. The smallest absolute Gasteiger partial charge is 0.209 e. The lowest BCUT2D eigenvalue weighted by Gasteiger charge is -2.12. The zero-order valence-electron chi connectivity index (χ0n) is 15.7. The third-order valence-electron chi connectivity index (χ3n) is 4.98. The van der Waals surface area contributed by atoms with Crippen molar-refractivity contribution in [1.29, 1.82) is 0 Å². The maximum absolute atomic E-state index is 11.3. The van der Waals surface area contributed by atoms with Crippen molar-refractivity contribution >= 4 is 21.1 Å². The van der Waals surface area contributed by atoms with Gasteiger partial charge in [0.25, 0.3) is 0 Å². The van der Waals surface area contributed by atoms with E-state index >= 15 is 0 Å². The molecule has 0 bridgehead atoms. The quantitative estimate of drug-likeness (QED) is 0.565. The summed E-state index contributed by atoms with van der Waals surface area (Å²) in [6.07, 6.45) is 5.98. The fourth-order valence-electron chi connectivity index (χ4n) is 3.46. The fraction of sp³-hybridized carbons (Fsp3) is 0.350. The maximum atomic E-state index is 11.3. The van der Waals surface area contributed by atoms with Crippen molar-refractivity contribution in [2.45, 2.75) is 13.0 Å². The van der Waals surface area contributed by atoms with Crippen molar-refractivity contribution in [3.05, 3.63) is 48.3 Å². The predicted molar refractivity (Wildman–Crippen MR) is 110 cm³/mol. The molecule has 7 nitrogen and oxygen atoms in total. The van der Waals surface area contributed by atoms with Crippen LogP contribution in [0.5, 0.6) is 5.75 Å². The standard InChI is InChI=1S/C20H24N4O3S/c1-28(25,26)24-11-14-2-4-16(5-3-14)17-12-23-20-19(17)18(7-9-22-20)27-13-15-6-8-21-10-15/h2-5,7,9,12,15,21,24H,6,8,10-11,13H2,1H3,(H,22,23). The molecule has 3 heterocycles. The van der Waals surface area contributed by atoms with Crippen LogP contribution in [0.3, 0.4) is 0 Å². The predicted octanol–water partition coefficient (Wildman–Crippen LogP) is 2.27. The topological polar surface area (TPSA) is 96.1 Å². The minimum atomic E-state index is -3.21. The molecule has 0 aliphatic carbocycles. The number of nitrogens with one attached hydrogen (secondary N) is 3. The van der Waals surface area contributed by atoms with Crippen LogP contribution < -0.4 is 14.8 Å². The van der Waals surface area contributed by atoms with Crippen molar-refractivity contribution < 1.29 is 13.2 Å². The highest BCUT2D eigenvalue weighted by Crippen LogP contribution is 2.34. The molecule has 1 fully saturated rings. The van der Waals surface area contributed by atoms with Crippen LogP contribution >= 0.6 is 0 Å². The number of hydrogen-bond acceptors (Lipinski definition) is 5. The van der Waals surface area contributed by atoms with Gasteiger partial charge < -0.3 is 15.0 Å². The van der Waals surface area contributed by atoms with Gasteiger partial charge in [0.2, 0.25) is 10.0 Å². The Hall–Kier alpha value is -2.42. The van der Waals surface area contributed by atoms with Crippen LogP contribution in [0.25, 0.3) is 22.2 Å². The Labute approximate surface area is 164 Å². The number of sulfonamides is 1. The number of benzene rings is 1. The summed E-state index contributed by atoms with van der Waals surface area (Å²) in [5.41, 5.74) is 3.73. The van der Waals surface area contributed by atoms with Gasteiger partial charge in [-0.05, 0) is 30.2 Å². The Morgan fingerprint density at radius 1 is 1.25 bits per heavy atom. The number of nitrogens with zero attached hydrogens (tertiary/aromatic N) is 1. The second kappa shape index (κ2) is 7.90. The highest BCUT2D eigenvalue weighted by atomic mass is 32.2. The summed E-state index contributed by atoms with van der Waals surface area (Å²) in [5, 5.41) is 4.33. The maximum Gasteiger partial charge on any atom is 0.209 e. The lowest BCUT2D eigenvalue weighted by molar-refractivity contribution is 0.263. The van der Waals surface area contributed by atoms with E-state index in [9.17, 15) is 8.42 Å². The number of fused-ring (bicyclic) bond motifs is 1. The first-order valence-corrected chi connectivity index (χ1v) is 11.2. The van der Waals surface area contributed by atoms with E-state index in [0.29, 0.717) is 12.5 Å². The molecule has 4 rings (SSSR count). The van der Waals surface area contributed by atoms with Crippen molar-refractivity contribution in [2.24, 2.45) is 5.92 Å². The van der Waals surface area contributed by atoms with Crippen molar-refractivity contribution in [1.82, 2.24) is 20.0 Å². The van der Waals surface area contributed by atoms with Crippen molar-refractivity contribution in [2.75, 3.05) is 26.0 Å². The number of aromatic nitrogens is 2. The van der Waals surface area contributed by atoms with Gasteiger partial charge in [-0.25, -0.2) is 18.1 Å². The Kier molecular flexibility index (Phi) is 5.34. The van der Waals surface area contributed by atoms with Crippen LogP contribution in [0, 0.1) is 5.92 Å². The van der Waals surface area contributed by atoms with E-state index in [1.807, 2.05) is 36.5 Å². The van der Waals surface area contributed by atoms with Crippen LogP contribution in [-0.2, 0) is 16.6 Å². The third kappa shape index (κ3) is 4.35. The van der Waals surface area contributed by atoms with E-state index in [-0.39, 0.29) is 6.54 Å². The summed E-state index contributed by atoms with van der Waals surface area (Å²) >= 11 is 0. The van der Waals surface area contributed by atoms with Crippen LogP contribution in [0.15, 0.2) is 42.7 Å². The third-order valence-corrected chi connectivity index (χ3v) is 5.64. The van der Waals surface area contributed by atoms with E-state index in [2.05, 4.69) is 20.0 Å². The zero-order chi connectivity index (χ0) is 19.6. The Bertz CT molecular complexity index is 1050. The number of H-pyrrole nitrogens is 1. The first-order chi connectivity index (χ1) is 13.5. The molecule has 0 spiro atoms. The molecule has 8 heteroatoms. The van der Waals surface area contributed by atoms with Crippen molar-refractivity contribution in [3.63, 3.8) is 0 Å². The molecule has 1 aliphatic heterocycles. The van der Waals surface area contributed by atoms with Gasteiger partial charge in [-0.3, -0.25) is 0 Å². The second-order valence-electron chi connectivity index (χ2n) is 7.20. The monoisotopic (exact) mass is 400 g/mol. The van der Waals surface area contributed by atoms with Gasteiger partial charge in [-0.15, -0.1) is 0 Å². The van der Waals surface area contributed by atoms with Gasteiger partial charge in [0, 0.05) is 37.0 Å². The zero-order valence-corrected chi connectivity index (χ0v) is 16.6. The van der Waals surface area contributed by atoms with E-state index in [1.165, 1.54) is 0 Å². The average Bonchev–Trinajstić information content (AvgIpc) is 3.34. The number of ether oxygens (including phenoxy) is 1. The second-order valence-corrected chi connectivity index (χ2v) is 9.03. The molecular formula is C20H24N4O3S. The molecule has 1 aliphatic rings. The van der Waals surface area contributed by atoms with Gasteiger partial charge >= 0.3 is 0 Å². The number of rotatable bonds is 7. The largest absolute Gasteiger partial charge is 0.492 e.